The zero-order chi connectivity index (χ0) is 15.1. The summed E-state index contributed by atoms with van der Waals surface area (Å²) in [6.07, 6.45) is 0. The second-order valence-corrected chi connectivity index (χ2v) is 3.99. The second-order valence-electron chi connectivity index (χ2n) is 3.99. The number of methoxy groups -OCH3 is 1. The highest BCUT2D eigenvalue weighted by molar-refractivity contribution is 5.94. The Bertz CT molecular complexity index is 549. The van der Waals surface area contributed by atoms with Crippen LogP contribution in [0.2, 0.25) is 0 Å². The third-order valence-corrected chi connectivity index (χ3v) is 2.25. The smallest absolute Gasteiger partial charge is 0.250 e. The van der Waals surface area contributed by atoms with Gasteiger partial charge in [0.25, 0.3) is 0 Å². The molecule has 108 valence electrons. The van der Waals surface area contributed by atoms with Gasteiger partial charge in [0.15, 0.2) is 5.96 Å². The van der Waals surface area contributed by atoms with Crippen LogP contribution in [0.15, 0.2) is 28.2 Å². The fraction of sp³-hybridized carbons (Fsp3) is 0.250. The topological polar surface area (TPSA) is 141 Å². The molecule has 0 atom stereocenters. The summed E-state index contributed by atoms with van der Waals surface area (Å²) < 4.78 is 4.74. The Morgan fingerprint density at radius 2 is 2.05 bits per heavy atom. The van der Waals surface area contributed by atoms with Crippen molar-refractivity contribution < 1.29 is 9.53 Å². The number of nitrogens with one attached hydrogen (secondary N) is 1. The van der Waals surface area contributed by atoms with Crippen molar-refractivity contribution in [1.82, 2.24) is 0 Å². The van der Waals surface area contributed by atoms with Crippen molar-refractivity contribution in [2.24, 2.45) is 27.2 Å². The van der Waals surface area contributed by atoms with Crippen molar-refractivity contribution in [1.29, 1.82) is 0 Å². The lowest BCUT2D eigenvalue weighted by atomic mass is 10.2. The molecule has 0 saturated heterocycles. The first-order chi connectivity index (χ1) is 9.42. The van der Waals surface area contributed by atoms with Gasteiger partial charge in [0.2, 0.25) is 11.9 Å². The summed E-state index contributed by atoms with van der Waals surface area (Å²) in [5.41, 5.74) is 18.0. The van der Waals surface area contributed by atoms with E-state index in [4.69, 9.17) is 21.9 Å². The quantitative estimate of drug-likeness (QED) is 0.446. The molecule has 0 radical (unpaired) electrons. The molecule has 0 heterocycles. The SMILES string of the molecule is COCC(=O)Nc1ccc(N=C(N)N=C(N)N)cc1C. The lowest BCUT2D eigenvalue weighted by molar-refractivity contribution is -0.119. The minimum Gasteiger partial charge on any atom is -0.375 e. The molecule has 8 nitrogen and oxygen atoms in total. The van der Waals surface area contributed by atoms with Gasteiger partial charge in [-0.3, -0.25) is 4.79 Å². The second kappa shape index (κ2) is 7.10. The molecule has 1 aromatic carbocycles. The normalized spacial score (nSPS) is 11.0. The third-order valence-electron chi connectivity index (χ3n) is 2.25. The number of aliphatic imine (C=N–C) groups is 2. The number of hydrogen-bond acceptors (Lipinski definition) is 3. The molecular weight excluding hydrogens is 260 g/mol. The first kappa shape index (κ1) is 15.4. The molecular formula is C12H18N6O2. The van der Waals surface area contributed by atoms with Gasteiger partial charge in [-0.05, 0) is 30.7 Å². The summed E-state index contributed by atoms with van der Waals surface area (Å²) in [7, 11) is 1.46. The average molecular weight is 278 g/mol. The number of carbonyl (C=O) groups excluding carboxylic acids is 1. The molecule has 8 heteroatoms. The van der Waals surface area contributed by atoms with E-state index in [0.29, 0.717) is 11.4 Å². The number of rotatable bonds is 4. The lowest BCUT2D eigenvalue weighted by Gasteiger charge is -2.08. The summed E-state index contributed by atoms with van der Waals surface area (Å²) in [5, 5.41) is 2.71. The Hall–Kier alpha value is -2.61. The van der Waals surface area contributed by atoms with Crippen LogP contribution in [0.4, 0.5) is 11.4 Å². The molecule has 0 spiro atoms. The standard InChI is InChI=1S/C12H18N6O2/c1-7-5-8(16-12(15)18-11(13)14)3-4-9(7)17-10(19)6-20-2/h3-5H,6H2,1-2H3,(H,17,19)(H6,13,14,15,16,18). The van der Waals surface area contributed by atoms with Crippen LogP contribution in [0.3, 0.4) is 0 Å². The molecule has 1 aromatic rings. The van der Waals surface area contributed by atoms with Gasteiger partial charge in [0.1, 0.15) is 6.61 Å². The van der Waals surface area contributed by atoms with Crippen molar-refractivity contribution >= 4 is 29.2 Å². The van der Waals surface area contributed by atoms with Crippen LogP contribution in [0, 0.1) is 6.92 Å². The third kappa shape index (κ3) is 4.94. The number of nitrogens with zero attached hydrogens (tertiary/aromatic N) is 2. The fourth-order valence-electron chi connectivity index (χ4n) is 1.46. The van der Waals surface area contributed by atoms with Crippen molar-refractivity contribution in [2.75, 3.05) is 19.0 Å². The monoisotopic (exact) mass is 278 g/mol. The predicted octanol–water partition coefficient (Wildman–Crippen LogP) is -0.200. The molecule has 0 aromatic heterocycles. The van der Waals surface area contributed by atoms with Crippen LogP contribution in [0.1, 0.15) is 5.56 Å². The van der Waals surface area contributed by atoms with Crippen molar-refractivity contribution in [2.45, 2.75) is 6.92 Å². The van der Waals surface area contributed by atoms with E-state index in [1.165, 1.54) is 7.11 Å². The Morgan fingerprint density at radius 1 is 1.35 bits per heavy atom. The number of amides is 1. The summed E-state index contributed by atoms with van der Waals surface area (Å²) in [5.74, 6) is -0.432. The van der Waals surface area contributed by atoms with Gasteiger partial charge in [0.05, 0.1) is 5.69 Å². The molecule has 20 heavy (non-hydrogen) atoms. The molecule has 0 aliphatic rings. The highest BCUT2D eigenvalue weighted by atomic mass is 16.5. The van der Waals surface area contributed by atoms with E-state index in [-0.39, 0.29) is 24.4 Å². The predicted molar refractivity (Wildman–Crippen MR) is 78.8 cm³/mol. The number of ether oxygens (including phenoxy) is 1. The van der Waals surface area contributed by atoms with Crippen LogP contribution in [-0.2, 0) is 9.53 Å². The van der Waals surface area contributed by atoms with E-state index in [9.17, 15) is 4.79 Å². The zero-order valence-electron chi connectivity index (χ0n) is 11.4. The molecule has 0 unspecified atom stereocenters. The summed E-state index contributed by atoms with van der Waals surface area (Å²) in [4.78, 5) is 19.1. The van der Waals surface area contributed by atoms with Gasteiger partial charge < -0.3 is 27.3 Å². The van der Waals surface area contributed by atoms with Gasteiger partial charge in [-0.1, -0.05) is 0 Å². The number of nitrogens with two attached hydrogens (primary N) is 3. The first-order valence-electron chi connectivity index (χ1n) is 5.75. The largest absolute Gasteiger partial charge is 0.375 e. The number of anilines is 1. The van der Waals surface area contributed by atoms with Crippen molar-refractivity contribution in [3.05, 3.63) is 23.8 Å². The van der Waals surface area contributed by atoms with Gasteiger partial charge in [-0.15, -0.1) is 0 Å². The van der Waals surface area contributed by atoms with Crippen molar-refractivity contribution in [3.63, 3.8) is 0 Å². The lowest BCUT2D eigenvalue weighted by Crippen LogP contribution is -2.26. The molecule has 1 amide bonds. The Labute approximate surface area is 116 Å². The minimum absolute atomic E-state index is 0.00319. The van der Waals surface area contributed by atoms with E-state index in [1.807, 2.05) is 6.92 Å². The number of hydrogen-bond donors (Lipinski definition) is 4. The fourth-order valence-corrected chi connectivity index (χ4v) is 1.46. The molecule has 0 bridgehead atoms. The van der Waals surface area contributed by atoms with E-state index in [2.05, 4.69) is 15.3 Å². The Kier molecular flexibility index (Phi) is 5.48. The van der Waals surface area contributed by atoms with Gasteiger partial charge in [-0.25, -0.2) is 4.99 Å². The minimum atomic E-state index is -0.230. The van der Waals surface area contributed by atoms with Crippen LogP contribution in [0.25, 0.3) is 0 Å². The molecule has 0 fully saturated rings. The number of aryl methyl sites for hydroxylation is 1. The van der Waals surface area contributed by atoms with Crippen molar-refractivity contribution in [3.8, 4) is 0 Å². The van der Waals surface area contributed by atoms with Crippen LogP contribution in [0.5, 0.6) is 0 Å². The first-order valence-corrected chi connectivity index (χ1v) is 5.75. The zero-order valence-corrected chi connectivity index (χ0v) is 11.4. The molecule has 0 saturated carbocycles. The number of carbonyl (C=O) groups is 1. The van der Waals surface area contributed by atoms with E-state index >= 15 is 0 Å². The molecule has 7 N–H and O–H groups in total. The van der Waals surface area contributed by atoms with Crippen LogP contribution < -0.4 is 22.5 Å². The highest BCUT2D eigenvalue weighted by Crippen LogP contribution is 2.21. The summed E-state index contributed by atoms with van der Waals surface area (Å²) in [6, 6.07) is 5.15. The summed E-state index contributed by atoms with van der Waals surface area (Å²) >= 11 is 0. The van der Waals surface area contributed by atoms with E-state index in [1.54, 1.807) is 18.2 Å². The Morgan fingerprint density at radius 3 is 2.60 bits per heavy atom. The molecule has 1 rings (SSSR count). The number of guanidine groups is 2. The van der Waals surface area contributed by atoms with Crippen LogP contribution >= 0.6 is 0 Å². The van der Waals surface area contributed by atoms with Crippen LogP contribution in [-0.4, -0.2) is 31.5 Å². The maximum atomic E-state index is 11.4. The van der Waals surface area contributed by atoms with E-state index in [0.717, 1.165) is 5.56 Å². The molecule has 0 aliphatic carbocycles. The van der Waals surface area contributed by atoms with Gasteiger partial charge >= 0.3 is 0 Å². The Balaban J connectivity index is 2.88. The average Bonchev–Trinajstić information content (AvgIpc) is 2.32. The number of benzene rings is 1. The highest BCUT2D eigenvalue weighted by Gasteiger charge is 2.05. The van der Waals surface area contributed by atoms with Gasteiger partial charge in [-0.2, -0.15) is 4.99 Å². The van der Waals surface area contributed by atoms with Gasteiger partial charge in [0, 0.05) is 12.8 Å². The summed E-state index contributed by atoms with van der Waals surface area (Å²) in [6.45, 7) is 1.83. The maximum Gasteiger partial charge on any atom is 0.250 e. The van der Waals surface area contributed by atoms with E-state index < -0.39 is 0 Å². The molecule has 0 aliphatic heterocycles. The maximum absolute atomic E-state index is 11.4.